The lowest BCUT2D eigenvalue weighted by atomic mass is 10.2. The number of amides is 1. The zero-order valence-corrected chi connectivity index (χ0v) is 12.8. The van der Waals surface area contributed by atoms with Gasteiger partial charge < -0.3 is 9.80 Å². The molecule has 0 radical (unpaired) electrons. The molecule has 0 saturated carbocycles. The number of para-hydroxylation sites is 1. The van der Waals surface area contributed by atoms with E-state index >= 15 is 0 Å². The van der Waals surface area contributed by atoms with Gasteiger partial charge in [0.2, 0.25) is 0 Å². The second-order valence-electron chi connectivity index (χ2n) is 5.16. The van der Waals surface area contributed by atoms with Gasteiger partial charge in [-0.25, -0.2) is 5.43 Å². The van der Waals surface area contributed by atoms with Crippen LogP contribution in [0.5, 0.6) is 0 Å². The van der Waals surface area contributed by atoms with Crippen LogP contribution in [-0.4, -0.2) is 63.3 Å². The second-order valence-corrected chi connectivity index (χ2v) is 5.16. The fourth-order valence-electron chi connectivity index (χ4n) is 2.43. The summed E-state index contributed by atoms with van der Waals surface area (Å²) in [6.45, 7) is 4.62. The molecule has 3 rings (SSSR count). The molecule has 2 heterocycles. The number of carbonyl (C=O) groups excluding carboxylic acids is 1. The highest BCUT2D eigenvalue weighted by atomic mass is 16.2. The summed E-state index contributed by atoms with van der Waals surface area (Å²) in [6.07, 6.45) is 0. The van der Waals surface area contributed by atoms with E-state index in [2.05, 4.69) is 48.2 Å². The Hall–Kier alpha value is -2.97. The second kappa shape index (κ2) is 6.86. The highest BCUT2D eigenvalue weighted by Crippen LogP contribution is 2.15. The van der Waals surface area contributed by atoms with Gasteiger partial charge in [0.25, 0.3) is 11.9 Å². The molecule has 23 heavy (non-hydrogen) atoms. The van der Waals surface area contributed by atoms with Crippen molar-refractivity contribution in [3.63, 3.8) is 0 Å². The van der Waals surface area contributed by atoms with Crippen molar-refractivity contribution in [3.8, 4) is 0 Å². The molecular weight excluding hydrogens is 296 g/mol. The van der Waals surface area contributed by atoms with Crippen molar-refractivity contribution in [1.29, 1.82) is 0 Å². The first kappa shape index (κ1) is 14.9. The normalized spacial score (nSPS) is 15.6. The number of aromatic nitrogens is 4. The number of tetrazole rings is 1. The average Bonchev–Trinajstić information content (AvgIpc) is 3.13. The number of hydrogen-bond acceptors (Lipinski definition) is 7. The molecule has 0 aliphatic carbocycles. The van der Waals surface area contributed by atoms with E-state index in [-0.39, 0.29) is 11.9 Å². The number of hydrazone groups is 1. The molecule has 2 N–H and O–H groups in total. The topological polar surface area (TPSA) is 102 Å². The summed E-state index contributed by atoms with van der Waals surface area (Å²) >= 11 is 0. The van der Waals surface area contributed by atoms with Crippen LogP contribution in [0.1, 0.15) is 6.92 Å². The van der Waals surface area contributed by atoms with E-state index < -0.39 is 0 Å². The summed E-state index contributed by atoms with van der Waals surface area (Å²) in [4.78, 5) is 16.4. The maximum absolute atomic E-state index is 12.4. The van der Waals surface area contributed by atoms with Gasteiger partial charge in [-0.05, 0) is 24.3 Å². The van der Waals surface area contributed by atoms with E-state index in [0.29, 0.717) is 18.8 Å². The number of piperazine rings is 1. The Balaban J connectivity index is 1.54. The van der Waals surface area contributed by atoms with Gasteiger partial charge in [0.1, 0.15) is 5.71 Å². The van der Waals surface area contributed by atoms with Crippen LogP contribution in [0.25, 0.3) is 0 Å². The number of H-pyrrole nitrogens is 1. The predicted octanol–water partition coefficient (Wildman–Crippen LogP) is 0.336. The molecule has 1 aliphatic rings. The van der Waals surface area contributed by atoms with Crippen LogP contribution in [0.4, 0.5) is 11.6 Å². The van der Waals surface area contributed by atoms with E-state index in [1.807, 2.05) is 18.2 Å². The van der Waals surface area contributed by atoms with Crippen molar-refractivity contribution < 1.29 is 4.79 Å². The van der Waals surface area contributed by atoms with Crippen LogP contribution in [0.3, 0.4) is 0 Å². The number of aromatic amines is 1. The number of hydrogen-bond donors (Lipinski definition) is 2. The van der Waals surface area contributed by atoms with Gasteiger partial charge in [0, 0.05) is 31.9 Å². The quantitative estimate of drug-likeness (QED) is 0.623. The molecule has 1 aromatic carbocycles. The lowest BCUT2D eigenvalue weighted by molar-refractivity contribution is -0.124. The Kier molecular flexibility index (Phi) is 4.46. The van der Waals surface area contributed by atoms with Crippen LogP contribution in [0.2, 0.25) is 0 Å². The number of anilines is 2. The Morgan fingerprint density at radius 2 is 1.96 bits per heavy atom. The zero-order valence-electron chi connectivity index (χ0n) is 12.8. The predicted molar refractivity (Wildman–Crippen MR) is 86.1 cm³/mol. The zero-order chi connectivity index (χ0) is 16.1. The number of rotatable bonds is 4. The van der Waals surface area contributed by atoms with Gasteiger partial charge >= 0.3 is 0 Å². The molecular formula is C14H18N8O. The summed E-state index contributed by atoms with van der Waals surface area (Å²) in [6, 6.07) is 10.2. The Morgan fingerprint density at radius 3 is 2.61 bits per heavy atom. The van der Waals surface area contributed by atoms with E-state index in [0.717, 1.165) is 13.1 Å². The smallest absolute Gasteiger partial charge is 0.283 e. The molecule has 0 spiro atoms. The van der Waals surface area contributed by atoms with Gasteiger partial charge in [-0.3, -0.25) is 4.79 Å². The van der Waals surface area contributed by atoms with Crippen LogP contribution < -0.4 is 10.3 Å². The minimum Gasteiger partial charge on any atom is -0.368 e. The standard InChI is InChI=1S/C14H18N8O/c1-11(15-16-14-17-19-20-18-14)13(23)22-9-7-21(8-10-22)12-5-3-2-4-6-12/h2-6H,7-10H2,1H3,(H2,16,17,18,19,20)/b15-11+. The third-order valence-electron chi connectivity index (χ3n) is 3.67. The Bertz CT molecular complexity index is 661. The average molecular weight is 314 g/mol. The molecule has 0 atom stereocenters. The molecule has 1 saturated heterocycles. The van der Waals surface area contributed by atoms with Crippen molar-refractivity contribution >= 4 is 23.3 Å². The Labute approximate surface area is 133 Å². The van der Waals surface area contributed by atoms with Gasteiger partial charge in [-0.1, -0.05) is 23.3 Å². The highest BCUT2D eigenvalue weighted by molar-refractivity contribution is 6.37. The maximum Gasteiger partial charge on any atom is 0.283 e. The summed E-state index contributed by atoms with van der Waals surface area (Å²) in [7, 11) is 0. The molecule has 9 nitrogen and oxygen atoms in total. The summed E-state index contributed by atoms with van der Waals surface area (Å²) in [5, 5.41) is 17.1. The number of carbonyl (C=O) groups is 1. The van der Waals surface area contributed by atoms with E-state index in [1.54, 1.807) is 11.8 Å². The third-order valence-corrected chi connectivity index (χ3v) is 3.67. The first-order valence-electron chi connectivity index (χ1n) is 7.37. The van der Waals surface area contributed by atoms with Gasteiger partial charge in [0.15, 0.2) is 0 Å². The van der Waals surface area contributed by atoms with Crippen molar-refractivity contribution in [3.05, 3.63) is 30.3 Å². The van der Waals surface area contributed by atoms with Gasteiger partial charge in [-0.15, -0.1) is 5.10 Å². The molecule has 1 amide bonds. The van der Waals surface area contributed by atoms with Crippen molar-refractivity contribution in [2.75, 3.05) is 36.5 Å². The summed E-state index contributed by atoms with van der Waals surface area (Å²) in [5.41, 5.74) is 4.14. The molecule has 1 aromatic heterocycles. The van der Waals surface area contributed by atoms with E-state index in [1.165, 1.54) is 5.69 Å². The number of benzene rings is 1. The maximum atomic E-state index is 12.4. The minimum absolute atomic E-state index is 0.0892. The van der Waals surface area contributed by atoms with Crippen molar-refractivity contribution in [2.24, 2.45) is 5.10 Å². The van der Waals surface area contributed by atoms with Crippen LogP contribution >= 0.6 is 0 Å². The van der Waals surface area contributed by atoms with Crippen molar-refractivity contribution in [1.82, 2.24) is 25.5 Å². The number of nitrogens with one attached hydrogen (secondary N) is 2. The van der Waals surface area contributed by atoms with Gasteiger partial charge in [-0.2, -0.15) is 10.3 Å². The lowest BCUT2D eigenvalue weighted by Crippen LogP contribution is -2.50. The fourth-order valence-corrected chi connectivity index (χ4v) is 2.43. The first-order chi connectivity index (χ1) is 11.2. The van der Waals surface area contributed by atoms with Gasteiger partial charge in [0.05, 0.1) is 0 Å². The molecule has 9 heteroatoms. The lowest BCUT2D eigenvalue weighted by Gasteiger charge is -2.36. The molecule has 1 fully saturated rings. The van der Waals surface area contributed by atoms with E-state index in [4.69, 9.17) is 0 Å². The number of nitrogens with zero attached hydrogens (tertiary/aromatic N) is 6. The molecule has 0 unspecified atom stereocenters. The summed E-state index contributed by atoms with van der Waals surface area (Å²) in [5.74, 6) is 0.139. The van der Waals surface area contributed by atoms with Crippen LogP contribution in [-0.2, 0) is 4.79 Å². The third kappa shape index (κ3) is 3.62. The Morgan fingerprint density at radius 1 is 1.22 bits per heavy atom. The molecule has 120 valence electrons. The molecule has 0 bridgehead atoms. The van der Waals surface area contributed by atoms with E-state index in [9.17, 15) is 4.79 Å². The molecule has 1 aliphatic heterocycles. The van der Waals surface area contributed by atoms with Crippen LogP contribution in [0.15, 0.2) is 35.4 Å². The minimum atomic E-state index is -0.0892. The molecule has 2 aromatic rings. The van der Waals surface area contributed by atoms with Crippen molar-refractivity contribution in [2.45, 2.75) is 6.92 Å². The first-order valence-corrected chi connectivity index (χ1v) is 7.37. The van der Waals surface area contributed by atoms with Crippen LogP contribution in [0, 0.1) is 0 Å². The largest absolute Gasteiger partial charge is 0.368 e. The fraction of sp³-hybridized carbons (Fsp3) is 0.357. The highest BCUT2D eigenvalue weighted by Gasteiger charge is 2.22. The SMILES string of the molecule is C/C(=N\Nc1nn[nH]n1)C(=O)N1CCN(c2ccccc2)CC1. The summed E-state index contributed by atoms with van der Waals surface area (Å²) < 4.78 is 0. The monoisotopic (exact) mass is 314 g/mol.